The van der Waals surface area contributed by atoms with Gasteiger partial charge in [-0.3, -0.25) is 10.1 Å². The van der Waals surface area contributed by atoms with Crippen molar-refractivity contribution in [1.82, 2.24) is 9.97 Å². The third-order valence-corrected chi connectivity index (χ3v) is 6.00. The first kappa shape index (κ1) is 22.8. The maximum Gasteiger partial charge on any atom is 0.301 e. The second kappa shape index (κ2) is 10.0. The van der Waals surface area contributed by atoms with E-state index in [9.17, 15) is 15.4 Å². The maximum absolute atomic E-state index is 11.5. The minimum atomic E-state index is -0.504. The third-order valence-electron chi connectivity index (χ3n) is 5.01. The van der Waals surface area contributed by atoms with Crippen molar-refractivity contribution < 1.29 is 14.4 Å². The normalized spacial score (nSPS) is 10.4. The third kappa shape index (κ3) is 4.53. The number of hydrogen-bond donors (Lipinski definition) is 0. The van der Waals surface area contributed by atoms with Crippen LogP contribution in [0.1, 0.15) is 5.56 Å². The maximum atomic E-state index is 11.5. The number of hydrogen-bond acceptors (Lipinski definition) is 8. The number of benzene rings is 2. The summed E-state index contributed by atoms with van der Waals surface area (Å²) in [6.07, 6.45) is 1.47. The lowest BCUT2D eigenvalue weighted by atomic mass is 9.98. The monoisotopic (exact) mass is 470 g/mol. The lowest BCUT2D eigenvalue weighted by Crippen LogP contribution is -1.99. The van der Waals surface area contributed by atoms with Crippen LogP contribution in [0.4, 0.5) is 5.69 Å². The fourth-order valence-electron chi connectivity index (χ4n) is 3.39. The van der Waals surface area contributed by atoms with Gasteiger partial charge in [-0.15, -0.1) is 0 Å². The summed E-state index contributed by atoms with van der Waals surface area (Å²) >= 11 is 0.981. The van der Waals surface area contributed by atoms with E-state index in [1.54, 1.807) is 25.3 Å². The van der Waals surface area contributed by atoms with Gasteiger partial charge in [-0.05, 0) is 36.0 Å². The smallest absolute Gasteiger partial charge is 0.301 e. The minimum Gasteiger partial charge on any atom is -0.497 e. The Morgan fingerprint density at radius 2 is 1.76 bits per heavy atom. The molecule has 0 saturated heterocycles. The fourth-order valence-corrected chi connectivity index (χ4v) is 4.33. The Morgan fingerprint density at radius 1 is 0.971 bits per heavy atom. The minimum absolute atomic E-state index is 0.148. The number of ether oxygens (including phenoxy) is 2. The van der Waals surface area contributed by atoms with Crippen LogP contribution < -0.4 is 9.47 Å². The number of nitrogens with zero attached hydrogens (tertiary/aromatic N) is 4. The molecule has 9 heteroatoms. The Hall–Kier alpha value is -4.42. The Balaban J connectivity index is 1.97. The van der Waals surface area contributed by atoms with Gasteiger partial charge in [0.15, 0.2) is 5.03 Å². The van der Waals surface area contributed by atoms with Crippen LogP contribution in [0.2, 0.25) is 0 Å². The SMILES string of the molecule is COc1ccc(-c2cc(-c3ccccc3)nc(Sc3ncccc3[N+](=O)[O-])c2C#N)c(OC)c1. The molecular weight excluding hydrogens is 452 g/mol. The second-order valence-electron chi connectivity index (χ2n) is 6.97. The number of pyridine rings is 2. The van der Waals surface area contributed by atoms with E-state index in [0.29, 0.717) is 33.3 Å². The van der Waals surface area contributed by atoms with Crippen molar-refractivity contribution in [2.45, 2.75) is 10.1 Å². The van der Waals surface area contributed by atoms with Crippen LogP contribution in [0.3, 0.4) is 0 Å². The van der Waals surface area contributed by atoms with Gasteiger partial charge in [0.2, 0.25) is 0 Å². The van der Waals surface area contributed by atoms with E-state index in [0.717, 1.165) is 17.3 Å². The van der Waals surface area contributed by atoms with Crippen molar-refractivity contribution in [1.29, 1.82) is 5.26 Å². The lowest BCUT2D eigenvalue weighted by Gasteiger charge is -2.15. The molecule has 0 radical (unpaired) electrons. The molecule has 0 aliphatic carbocycles. The number of rotatable bonds is 7. The van der Waals surface area contributed by atoms with Crippen molar-refractivity contribution in [3.63, 3.8) is 0 Å². The average molecular weight is 471 g/mol. The van der Waals surface area contributed by atoms with Gasteiger partial charge in [-0.25, -0.2) is 9.97 Å². The molecule has 0 atom stereocenters. The molecule has 0 spiro atoms. The number of nitro groups is 1. The zero-order valence-corrected chi connectivity index (χ0v) is 19.1. The summed E-state index contributed by atoms with van der Waals surface area (Å²) in [5.41, 5.74) is 2.78. The van der Waals surface area contributed by atoms with Crippen LogP contribution in [0, 0.1) is 21.4 Å². The van der Waals surface area contributed by atoms with Gasteiger partial charge < -0.3 is 9.47 Å². The molecule has 2 heterocycles. The Kier molecular flexibility index (Phi) is 6.71. The van der Waals surface area contributed by atoms with E-state index < -0.39 is 4.92 Å². The molecule has 0 saturated carbocycles. The fraction of sp³-hybridized carbons (Fsp3) is 0.0800. The molecule has 4 aromatic rings. The summed E-state index contributed by atoms with van der Waals surface area (Å²) in [5, 5.41) is 22.1. The number of aromatic nitrogens is 2. The zero-order chi connectivity index (χ0) is 24.1. The molecule has 0 bridgehead atoms. The van der Waals surface area contributed by atoms with Crippen LogP contribution in [0.5, 0.6) is 11.5 Å². The van der Waals surface area contributed by atoms with Crippen LogP contribution in [0.25, 0.3) is 22.4 Å². The standard InChI is InChI=1S/C25H18N4O4S/c1-32-17-10-11-18(23(13-17)33-2)19-14-21(16-7-4-3-5-8-16)28-24(20(19)15-26)34-25-22(29(30)31)9-6-12-27-25/h3-14H,1-2H3. The molecule has 8 nitrogen and oxygen atoms in total. The highest BCUT2D eigenvalue weighted by Gasteiger charge is 2.23. The van der Waals surface area contributed by atoms with Crippen LogP contribution in [-0.2, 0) is 0 Å². The molecule has 0 fully saturated rings. The molecule has 0 aliphatic heterocycles. The van der Waals surface area contributed by atoms with Gasteiger partial charge in [0.05, 0.1) is 30.4 Å². The van der Waals surface area contributed by atoms with E-state index >= 15 is 0 Å². The molecule has 0 N–H and O–H groups in total. The highest BCUT2D eigenvalue weighted by Crippen LogP contribution is 2.42. The van der Waals surface area contributed by atoms with Crippen LogP contribution in [-0.4, -0.2) is 29.1 Å². The summed E-state index contributed by atoms with van der Waals surface area (Å²) in [5.74, 6) is 1.12. The van der Waals surface area contributed by atoms with Gasteiger partial charge in [0.25, 0.3) is 0 Å². The Morgan fingerprint density at radius 3 is 2.44 bits per heavy atom. The highest BCUT2D eigenvalue weighted by atomic mass is 32.2. The van der Waals surface area contributed by atoms with Gasteiger partial charge in [-0.1, -0.05) is 30.3 Å². The summed E-state index contributed by atoms with van der Waals surface area (Å²) in [4.78, 5) is 19.9. The molecule has 0 amide bonds. The number of methoxy groups -OCH3 is 2. The van der Waals surface area contributed by atoms with Gasteiger partial charge in [0.1, 0.15) is 22.6 Å². The molecule has 34 heavy (non-hydrogen) atoms. The topological polar surface area (TPSA) is 111 Å². The van der Waals surface area contributed by atoms with Crippen molar-refractivity contribution in [3.05, 3.63) is 88.6 Å². The predicted molar refractivity (Wildman–Crippen MR) is 128 cm³/mol. The Labute approximate surface area is 200 Å². The number of nitriles is 1. The Bertz CT molecular complexity index is 1400. The van der Waals surface area contributed by atoms with Crippen LogP contribution in [0.15, 0.2) is 83.0 Å². The molecule has 2 aromatic heterocycles. The first-order valence-electron chi connectivity index (χ1n) is 10.1. The zero-order valence-electron chi connectivity index (χ0n) is 18.3. The molecule has 0 unspecified atom stereocenters. The average Bonchev–Trinajstić information content (AvgIpc) is 2.88. The summed E-state index contributed by atoms with van der Waals surface area (Å²) < 4.78 is 10.9. The predicted octanol–water partition coefficient (Wildman–Crippen LogP) is 5.76. The molecule has 4 rings (SSSR count). The molecule has 2 aromatic carbocycles. The van der Waals surface area contributed by atoms with Crippen molar-refractivity contribution in [3.8, 4) is 40.0 Å². The summed E-state index contributed by atoms with van der Waals surface area (Å²) in [6, 6.07) is 21.7. The second-order valence-corrected chi connectivity index (χ2v) is 7.94. The molecule has 168 valence electrons. The quantitative estimate of drug-likeness (QED) is 0.248. The van der Waals surface area contributed by atoms with E-state index in [-0.39, 0.29) is 16.3 Å². The lowest BCUT2D eigenvalue weighted by molar-refractivity contribution is -0.388. The first-order valence-corrected chi connectivity index (χ1v) is 10.9. The van der Waals surface area contributed by atoms with Crippen LogP contribution >= 0.6 is 11.8 Å². The van der Waals surface area contributed by atoms with Crippen molar-refractivity contribution in [2.24, 2.45) is 0 Å². The molecule has 0 aliphatic rings. The van der Waals surface area contributed by atoms with Crippen molar-refractivity contribution in [2.75, 3.05) is 14.2 Å². The highest BCUT2D eigenvalue weighted by molar-refractivity contribution is 7.99. The van der Waals surface area contributed by atoms with E-state index in [1.807, 2.05) is 36.4 Å². The summed E-state index contributed by atoms with van der Waals surface area (Å²) in [7, 11) is 3.10. The van der Waals surface area contributed by atoms with Gasteiger partial charge >= 0.3 is 5.69 Å². The van der Waals surface area contributed by atoms with E-state index in [1.165, 1.54) is 25.4 Å². The largest absolute Gasteiger partial charge is 0.497 e. The van der Waals surface area contributed by atoms with Crippen molar-refractivity contribution >= 4 is 17.4 Å². The van der Waals surface area contributed by atoms with E-state index in [2.05, 4.69) is 11.1 Å². The summed E-state index contributed by atoms with van der Waals surface area (Å²) in [6.45, 7) is 0. The van der Waals surface area contributed by atoms with Gasteiger partial charge in [0, 0.05) is 35.0 Å². The molecular formula is C25H18N4O4S. The van der Waals surface area contributed by atoms with Gasteiger partial charge in [-0.2, -0.15) is 5.26 Å². The van der Waals surface area contributed by atoms with E-state index in [4.69, 9.17) is 14.5 Å². The first-order chi connectivity index (χ1) is 16.5.